The van der Waals surface area contributed by atoms with Gasteiger partial charge in [0.15, 0.2) is 11.6 Å². The fourth-order valence-electron chi connectivity index (χ4n) is 2.22. The molecule has 0 radical (unpaired) electrons. The predicted molar refractivity (Wildman–Crippen MR) is 106 cm³/mol. The van der Waals surface area contributed by atoms with Gasteiger partial charge < -0.3 is 16.4 Å². The Labute approximate surface area is 160 Å². The average Bonchev–Trinajstić information content (AvgIpc) is 2.57. The van der Waals surface area contributed by atoms with Crippen molar-refractivity contribution >= 4 is 63.5 Å². The quantitative estimate of drug-likeness (QED) is 0.520. The normalized spacial score (nSPS) is 10.6. The lowest BCUT2D eigenvalue weighted by molar-refractivity contribution is 1.17. The van der Waals surface area contributed by atoms with Gasteiger partial charge in [-0.1, -0.05) is 40.9 Å². The zero-order valence-electron chi connectivity index (χ0n) is 13.1. The smallest absolute Gasteiger partial charge is 0.159 e. The molecule has 128 valence electrons. The van der Waals surface area contributed by atoms with Gasteiger partial charge in [-0.3, -0.25) is 0 Å². The van der Waals surface area contributed by atoms with E-state index in [2.05, 4.69) is 20.6 Å². The third kappa shape index (κ3) is 3.90. The summed E-state index contributed by atoms with van der Waals surface area (Å²) in [5, 5.41) is 7.76. The van der Waals surface area contributed by atoms with Crippen LogP contribution >= 0.6 is 34.8 Å². The summed E-state index contributed by atoms with van der Waals surface area (Å²) in [7, 11) is 0. The highest BCUT2D eigenvalue weighted by Gasteiger charge is 2.12. The molecule has 0 atom stereocenters. The number of nitrogens with one attached hydrogen (secondary N) is 2. The van der Waals surface area contributed by atoms with E-state index in [-0.39, 0.29) is 0 Å². The van der Waals surface area contributed by atoms with Crippen LogP contribution in [-0.4, -0.2) is 9.97 Å². The summed E-state index contributed by atoms with van der Waals surface area (Å²) in [6.45, 7) is 1.94. The maximum Gasteiger partial charge on any atom is 0.159 e. The van der Waals surface area contributed by atoms with Crippen molar-refractivity contribution in [2.24, 2.45) is 0 Å². The molecular formula is C17H14Cl3N5. The topological polar surface area (TPSA) is 75.9 Å². The lowest BCUT2D eigenvalue weighted by Gasteiger charge is -2.14. The van der Waals surface area contributed by atoms with Crippen molar-refractivity contribution in [3.05, 3.63) is 63.4 Å². The van der Waals surface area contributed by atoms with E-state index >= 15 is 0 Å². The van der Waals surface area contributed by atoms with Gasteiger partial charge >= 0.3 is 0 Å². The summed E-state index contributed by atoms with van der Waals surface area (Å²) in [5.74, 6) is 0.898. The van der Waals surface area contributed by atoms with Crippen molar-refractivity contribution in [2.75, 3.05) is 16.4 Å². The lowest BCUT2D eigenvalue weighted by Crippen LogP contribution is -2.06. The summed E-state index contributed by atoms with van der Waals surface area (Å²) in [6.07, 6.45) is 1.41. The molecule has 1 aromatic heterocycles. The second-order valence-corrected chi connectivity index (χ2v) is 6.52. The van der Waals surface area contributed by atoms with E-state index in [1.165, 1.54) is 6.33 Å². The number of nitrogens with zero attached hydrogens (tertiary/aromatic N) is 2. The van der Waals surface area contributed by atoms with Crippen LogP contribution in [0.15, 0.2) is 42.7 Å². The van der Waals surface area contributed by atoms with Crippen molar-refractivity contribution in [3.63, 3.8) is 0 Å². The molecule has 0 bridgehead atoms. The number of nitrogen functional groups attached to an aromatic ring is 1. The summed E-state index contributed by atoms with van der Waals surface area (Å²) in [5.41, 5.74) is 8.97. The van der Waals surface area contributed by atoms with E-state index in [0.717, 1.165) is 11.3 Å². The molecule has 0 amide bonds. The van der Waals surface area contributed by atoms with Gasteiger partial charge in [0.25, 0.3) is 0 Å². The first-order valence-corrected chi connectivity index (χ1v) is 8.44. The summed E-state index contributed by atoms with van der Waals surface area (Å²) >= 11 is 18.2. The molecule has 5 nitrogen and oxygen atoms in total. The summed E-state index contributed by atoms with van der Waals surface area (Å²) < 4.78 is 0. The molecule has 25 heavy (non-hydrogen) atoms. The average molecular weight is 395 g/mol. The number of hydrogen-bond acceptors (Lipinski definition) is 5. The first-order valence-electron chi connectivity index (χ1n) is 7.30. The fourth-order valence-corrected chi connectivity index (χ4v) is 2.79. The summed E-state index contributed by atoms with van der Waals surface area (Å²) in [4.78, 5) is 8.37. The zero-order chi connectivity index (χ0) is 18.0. The van der Waals surface area contributed by atoms with Gasteiger partial charge in [-0.15, -0.1) is 0 Å². The molecule has 0 unspecified atom stereocenters. The van der Waals surface area contributed by atoms with E-state index < -0.39 is 0 Å². The molecule has 0 spiro atoms. The van der Waals surface area contributed by atoms with E-state index in [9.17, 15) is 0 Å². The minimum absolute atomic E-state index is 0.355. The maximum atomic E-state index is 6.19. The molecular weight excluding hydrogens is 381 g/mol. The molecule has 0 fully saturated rings. The Kier molecular flexibility index (Phi) is 5.18. The highest BCUT2D eigenvalue weighted by molar-refractivity contribution is 6.43. The van der Waals surface area contributed by atoms with Gasteiger partial charge in [-0.25, -0.2) is 9.97 Å². The van der Waals surface area contributed by atoms with E-state index in [1.54, 1.807) is 24.3 Å². The Bertz CT molecular complexity index is 930. The SMILES string of the molecule is Cc1cc(Cl)ccc1Nc1ncnc(Nc2cccc(Cl)c2Cl)c1N. The monoisotopic (exact) mass is 393 g/mol. The van der Waals surface area contributed by atoms with Crippen LogP contribution in [0, 0.1) is 6.92 Å². The second-order valence-electron chi connectivity index (χ2n) is 5.30. The van der Waals surface area contributed by atoms with Gasteiger partial charge in [-0.2, -0.15) is 0 Å². The van der Waals surface area contributed by atoms with Crippen molar-refractivity contribution < 1.29 is 0 Å². The third-order valence-electron chi connectivity index (χ3n) is 3.53. The van der Waals surface area contributed by atoms with Gasteiger partial charge in [0, 0.05) is 10.7 Å². The number of hydrogen-bond donors (Lipinski definition) is 3. The maximum absolute atomic E-state index is 6.19. The molecule has 4 N–H and O–H groups in total. The second kappa shape index (κ2) is 7.35. The fraction of sp³-hybridized carbons (Fsp3) is 0.0588. The number of benzene rings is 2. The van der Waals surface area contributed by atoms with Crippen LogP contribution in [0.5, 0.6) is 0 Å². The Morgan fingerprint density at radius 3 is 2.28 bits per heavy atom. The summed E-state index contributed by atoms with van der Waals surface area (Å²) in [6, 6.07) is 10.8. The number of aryl methyl sites for hydroxylation is 1. The molecule has 0 aliphatic carbocycles. The number of anilines is 5. The van der Waals surface area contributed by atoms with E-state index in [1.807, 2.05) is 19.1 Å². The van der Waals surface area contributed by atoms with Gasteiger partial charge in [-0.05, 0) is 42.8 Å². The minimum atomic E-state index is 0.355. The number of aromatic nitrogens is 2. The van der Waals surface area contributed by atoms with Crippen molar-refractivity contribution in [3.8, 4) is 0 Å². The van der Waals surface area contributed by atoms with Crippen LogP contribution in [0.3, 0.4) is 0 Å². The highest BCUT2D eigenvalue weighted by Crippen LogP contribution is 2.34. The molecule has 0 saturated heterocycles. The molecule has 0 saturated carbocycles. The van der Waals surface area contributed by atoms with E-state index in [0.29, 0.717) is 38.1 Å². The van der Waals surface area contributed by atoms with Crippen LogP contribution in [-0.2, 0) is 0 Å². The van der Waals surface area contributed by atoms with Crippen LogP contribution in [0.1, 0.15) is 5.56 Å². The highest BCUT2D eigenvalue weighted by atomic mass is 35.5. The number of rotatable bonds is 4. The Morgan fingerprint density at radius 1 is 0.920 bits per heavy atom. The van der Waals surface area contributed by atoms with Crippen LogP contribution in [0.25, 0.3) is 0 Å². The predicted octanol–water partition coefficient (Wildman–Crippen LogP) is 5.81. The molecule has 1 heterocycles. The Morgan fingerprint density at radius 2 is 1.60 bits per heavy atom. The van der Waals surface area contributed by atoms with Gasteiger partial charge in [0.05, 0.1) is 15.7 Å². The van der Waals surface area contributed by atoms with Crippen LogP contribution < -0.4 is 16.4 Å². The molecule has 0 aliphatic rings. The number of halogens is 3. The van der Waals surface area contributed by atoms with Crippen LogP contribution in [0.2, 0.25) is 15.1 Å². The molecule has 2 aromatic carbocycles. The van der Waals surface area contributed by atoms with Gasteiger partial charge in [0.1, 0.15) is 12.0 Å². The number of nitrogens with two attached hydrogens (primary N) is 1. The molecule has 0 aliphatic heterocycles. The van der Waals surface area contributed by atoms with Crippen molar-refractivity contribution in [1.29, 1.82) is 0 Å². The third-order valence-corrected chi connectivity index (χ3v) is 4.58. The first kappa shape index (κ1) is 17.6. The van der Waals surface area contributed by atoms with Gasteiger partial charge in [0.2, 0.25) is 0 Å². The van der Waals surface area contributed by atoms with Crippen molar-refractivity contribution in [1.82, 2.24) is 9.97 Å². The standard InChI is InChI=1S/C17H14Cl3N5/c1-9-7-10(18)5-6-12(9)24-16-15(21)17(23-8-22-16)25-13-4-2-3-11(19)14(13)20/h2-8H,21H2,1H3,(H2,22,23,24,25). The minimum Gasteiger partial charge on any atom is -0.393 e. The van der Waals surface area contributed by atoms with Crippen LogP contribution in [0.4, 0.5) is 28.7 Å². The molecule has 8 heteroatoms. The van der Waals surface area contributed by atoms with Crippen molar-refractivity contribution in [2.45, 2.75) is 6.92 Å². The van der Waals surface area contributed by atoms with E-state index in [4.69, 9.17) is 40.5 Å². The lowest BCUT2D eigenvalue weighted by atomic mass is 10.2. The zero-order valence-corrected chi connectivity index (χ0v) is 15.4. The Hall–Kier alpha value is -2.21. The molecule has 3 rings (SSSR count). The first-order chi connectivity index (χ1) is 12.0. The largest absolute Gasteiger partial charge is 0.393 e. The Balaban J connectivity index is 1.91. The molecule has 3 aromatic rings.